The topological polar surface area (TPSA) is 33.1 Å². The summed E-state index contributed by atoms with van der Waals surface area (Å²) in [6.45, 7) is 6.67. The molecule has 1 aromatic carbocycles. The number of thiocarbonyl (C=S) groups is 1. The Hall–Kier alpha value is -2.66. The highest BCUT2D eigenvalue weighted by Gasteiger charge is 2.42. The van der Waals surface area contributed by atoms with E-state index in [1.54, 1.807) is 0 Å². The molecule has 2 aromatic heterocycles. The van der Waals surface area contributed by atoms with Crippen molar-refractivity contribution in [1.82, 2.24) is 14.9 Å². The van der Waals surface area contributed by atoms with Crippen molar-refractivity contribution in [2.24, 2.45) is 0 Å². The van der Waals surface area contributed by atoms with Gasteiger partial charge in [0.15, 0.2) is 5.11 Å². The van der Waals surface area contributed by atoms with Gasteiger partial charge >= 0.3 is 0 Å². The van der Waals surface area contributed by atoms with Crippen molar-refractivity contribution < 1.29 is 0 Å². The fourth-order valence-electron chi connectivity index (χ4n) is 4.84. The molecule has 2 fully saturated rings. The maximum absolute atomic E-state index is 5.86. The molecule has 1 N–H and O–H groups in total. The van der Waals surface area contributed by atoms with Crippen LogP contribution in [0.3, 0.4) is 0 Å². The Bertz CT molecular complexity index is 1070. The van der Waals surface area contributed by atoms with Crippen molar-refractivity contribution in [3.05, 3.63) is 82.9 Å². The molecule has 0 bridgehead atoms. The lowest BCUT2D eigenvalue weighted by atomic mass is 9.96. The molecule has 1 saturated heterocycles. The minimum absolute atomic E-state index is 0.0118. The summed E-state index contributed by atoms with van der Waals surface area (Å²) in [5, 5.41) is 4.34. The average molecular weight is 417 g/mol. The summed E-state index contributed by atoms with van der Waals surface area (Å²) >= 11 is 5.86. The number of aryl methyl sites for hydroxylation is 2. The third kappa shape index (κ3) is 3.21. The molecule has 154 valence electrons. The number of pyridine rings is 1. The van der Waals surface area contributed by atoms with Gasteiger partial charge in [0.05, 0.1) is 17.8 Å². The molecule has 2 aliphatic rings. The van der Waals surface area contributed by atoms with Gasteiger partial charge in [0.25, 0.3) is 0 Å². The average Bonchev–Trinajstić information content (AvgIpc) is 3.48. The maximum atomic E-state index is 5.86. The van der Waals surface area contributed by atoms with Crippen LogP contribution in [0, 0.1) is 13.8 Å². The highest BCUT2D eigenvalue weighted by molar-refractivity contribution is 7.80. The molecular formula is C25H28N4S. The minimum Gasteiger partial charge on any atom is -0.351 e. The minimum atomic E-state index is 0.0118. The zero-order valence-corrected chi connectivity index (χ0v) is 18.6. The van der Waals surface area contributed by atoms with E-state index in [0.717, 1.165) is 22.9 Å². The van der Waals surface area contributed by atoms with Gasteiger partial charge in [-0.15, -0.1) is 0 Å². The lowest BCUT2D eigenvalue weighted by Crippen LogP contribution is -2.29. The largest absolute Gasteiger partial charge is 0.351 e. The Morgan fingerprint density at radius 3 is 2.50 bits per heavy atom. The van der Waals surface area contributed by atoms with Crippen LogP contribution in [0.1, 0.15) is 66.1 Å². The van der Waals surface area contributed by atoms with Gasteiger partial charge in [-0.2, -0.15) is 0 Å². The van der Waals surface area contributed by atoms with Crippen LogP contribution in [0.15, 0.2) is 54.7 Å². The van der Waals surface area contributed by atoms with E-state index in [1.165, 1.54) is 35.4 Å². The summed E-state index contributed by atoms with van der Waals surface area (Å²) in [6.07, 6.45) is 5.46. The van der Waals surface area contributed by atoms with Gasteiger partial charge in [-0.1, -0.05) is 25.1 Å². The Morgan fingerprint density at radius 1 is 1.10 bits per heavy atom. The maximum Gasteiger partial charge on any atom is 0.174 e. The zero-order chi connectivity index (χ0) is 20.8. The number of hydrogen-bond acceptors (Lipinski definition) is 2. The van der Waals surface area contributed by atoms with Crippen LogP contribution in [0.2, 0.25) is 0 Å². The van der Waals surface area contributed by atoms with E-state index >= 15 is 0 Å². The third-order valence-electron chi connectivity index (χ3n) is 6.48. The van der Waals surface area contributed by atoms with Crippen LogP contribution < -0.4 is 10.2 Å². The van der Waals surface area contributed by atoms with Crippen LogP contribution in [0.25, 0.3) is 0 Å². The van der Waals surface area contributed by atoms with Crippen molar-refractivity contribution in [3.63, 3.8) is 0 Å². The molecule has 5 rings (SSSR count). The molecule has 1 aliphatic heterocycles. The molecule has 0 unspecified atom stereocenters. The van der Waals surface area contributed by atoms with E-state index in [0.29, 0.717) is 6.04 Å². The molecule has 30 heavy (non-hydrogen) atoms. The normalized spacial score (nSPS) is 21.2. The highest BCUT2D eigenvalue weighted by Crippen LogP contribution is 2.46. The number of benzene rings is 1. The summed E-state index contributed by atoms with van der Waals surface area (Å²) in [7, 11) is 0. The number of rotatable bonds is 5. The predicted molar refractivity (Wildman–Crippen MR) is 126 cm³/mol. The molecule has 0 spiro atoms. The standard InChI is InChI=1S/C25H28N4S/c1-4-18-8-10-20(11-9-18)29-24(21-15-16(2)28(17(21)3)19-12-13-19)23(27-25(29)30)22-7-5-6-14-26-22/h5-11,14-15,19,23-24H,4,12-13H2,1-3H3,(H,27,30)/t23-,24+/m0/s1. The first kappa shape index (κ1) is 19.3. The SMILES string of the molecule is CCc1ccc(N2C(=S)N[C@@H](c3ccccn3)[C@H]2c2cc(C)n(C3CC3)c2C)cc1. The fourth-order valence-corrected chi connectivity index (χ4v) is 5.18. The molecule has 0 amide bonds. The number of hydrogen-bond donors (Lipinski definition) is 1. The van der Waals surface area contributed by atoms with Crippen molar-refractivity contribution in [3.8, 4) is 0 Å². The monoisotopic (exact) mass is 416 g/mol. The molecule has 5 heteroatoms. The lowest BCUT2D eigenvalue weighted by Gasteiger charge is -2.28. The Labute approximate surface area is 183 Å². The van der Waals surface area contributed by atoms with E-state index in [9.17, 15) is 0 Å². The number of anilines is 1. The second kappa shape index (κ2) is 7.55. The second-order valence-corrected chi connectivity index (χ2v) is 8.83. The molecule has 1 saturated carbocycles. The van der Waals surface area contributed by atoms with Gasteiger partial charge in [-0.3, -0.25) is 4.98 Å². The molecule has 0 radical (unpaired) electrons. The molecule has 3 aromatic rings. The van der Waals surface area contributed by atoms with Crippen LogP contribution >= 0.6 is 12.2 Å². The van der Waals surface area contributed by atoms with Crippen molar-refractivity contribution >= 4 is 23.0 Å². The Kier molecular flexibility index (Phi) is 4.86. The van der Waals surface area contributed by atoms with Crippen molar-refractivity contribution in [1.29, 1.82) is 0 Å². The molecular weight excluding hydrogens is 388 g/mol. The summed E-state index contributed by atoms with van der Waals surface area (Å²) in [6, 6.07) is 18.0. The number of aromatic nitrogens is 2. The lowest BCUT2D eigenvalue weighted by molar-refractivity contribution is 0.562. The van der Waals surface area contributed by atoms with Gasteiger partial charge in [-0.05, 0) is 86.8 Å². The van der Waals surface area contributed by atoms with E-state index < -0.39 is 0 Å². The van der Waals surface area contributed by atoms with E-state index in [2.05, 4.69) is 83.0 Å². The summed E-state index contributed by atoms with van der Waals surface area (Å²) in [5.74, 6) is 0. The Morgan fingerprint density at radius 2 is 1.87 bits per heavy atom. The number of nitrogens with zero attached hydrogens (tertiary/aromatic N) is 3. The van der Waals surface area contributed by atoms with Gasteiger partial charge in [0, 0.05) is 29.3 Å². The van der Waals surface area contributed by atoms with Crippen LogP contribution in [-0.4, -0.2) is 14.7 Å². The van der Waals surface area contributed by atoms with Crippen molar-refractivity contribution in [2.75, 3.05) is 4.90 Å². The van der Waals surface area contributed by atoms with E-state index in [4.69, 9.17) is 12.2 Å². The highest BCUT2D eigenvalue weighted by atomic mass is 32.1. The summed E-state index contributed by atoms with van der Waals surface area (Å²) in [5.41, 5.74) is 7.51. The van der Waals surface area contributed by atoms with Crippen LogP contribution in [0.5, 0.6) is 0 Å². The first-order chi connectivity index (χ1) is 14.6. The molecule has 1 aliphatic carbocycles. The van der Waals surface area contributed by atoms with Crippen LogP contribution in [-0.2, 0) is 6.42 Å². The third-order valence-corrected chi connectivity index (χ3v) is 6.79. The Balaban J connectivity index is 1.64. The van der Waals surface area contributed by atoms with Gasteiger partial charge in [0.2, 0.25) is 0 Å². The first-order valence-corrected chi connectivity index (χ1v) is 11.3. The molecule has 4 nitrogen and oxygen atoms in total. The van der Waals surface area contributed by atoms with Gasteiger partial charge in [-0.25, -0.2) is 0 Å². The first-order valence-electron chi connectivity index (χ1n) is 10.9. The fraction of sp³-hybridized carbons (Fsp3) is 0.360. The second-order valence-electron chi connectivity index (χ2n) is 8.44. The van der Waals surface area contributed by atoms with Crippen molar-refractivity contribution in [2.45, 2.75) is 58.2 Å². The van der Waals surface area contributed by atoms with Crippen LogP contribution in [0.4, 0.5) is 5.69 Å². The van der Waals surface area contributed by atoms with Gasteiger partial charge in [0.1, 0.15) is 0 Å². The van der Waals surface area contributed by atoms with Gasteiger partial charge < -0.3 is 14.8 Å². The number of nitrogens with one attached hydrogen (secondary N) is 1. The quantitative estimate of drug-likeness (QED) is 0.551. The van der Waals surface area contributed by atoms with E-state index in [-0.39, 0.29) is 12.1 Å². The predicted octanol–water partition coefficient (Wildman–Crippen LogP) is 5.57. The smallest absolute Gasteiger partial charge is 0.174 e. The summed E-state index contributed by atoms with van der Waals surface area (Å²) in [4.78, 5) is 6.96. The zero-order valence-electron chi connectivity index (χ0n) is 17.8. The summed E-state index contributed by atoms with van der Waals surface area (Å²) < 4.78 is 2.52. The van der Waals surface area contributed by atoms with E-state index in [1.807, 2.05) is 12.3 Å². The molecule has 2 atom stereocenters. The molecule has 3 heterocycles.